The molecule has 0 bridgehead atoms. The largest absolute Gasteiger partial charge is 0.479 e. The van der Waals surface area contributed by atoms with Crippen LogP contribution in [0.4, 0.5) is 4.79 Å². The van der Waals surface area contributed by atoms with E-state index in [1.165, 1.54) is 6.92 Å². The van der Waals surface area contributed by atoms with E-state index in [0.29, 0.717) is 0 Å². The molecule has 0 unspecified atom stereocenters. The Balaban J connectivity index is 2.49. The number of carboxylic acid groups (broad SMARTS) is 1. The van der Waals surface area contributed by atoms with E-state index in [4.69, 9.17) is 9.84 Å². The van der Waals surface area contributed by atoms with Crippen molar-refractivity contribution in [3.63, 3.8) is 0 Å². The number of hydrogen-bond donors (Lipinski definition) is 2. The summed E-state index contributed by atoms with van der Waals surface area (Å²) in [6.07, 6.45) is -0.736. The summed E-state index contributed by atoms with van der Waals surface area (Å²) in [4.78, 5) is 22.5. The molecule has 0 heterocycles. The molecule has 18 heavy (non-hydrogen) atoms. The van der Waals surface area contributed by atoms with Gasteiger partial charge in [-0.05, 0) is 12.5 Å². The van der Waals surface area contributed by atoms with Gasteiger partial charge in [-0.3, -0.25) is 0 Å². The Bertz CT molecular complexity index is 423. The molecule has 1 aromatic carbocycles. The topological polar surface area (TPSA) is 75.6 Å². The van der Waals surface area contributed by atoms with Crippen LogP contribution >= 0.6 is 22.6 Å². The van der Waals surface area contributed by atoms with Crippen LogP contribution in [0, 0.1) is 0 Å². The summed E-state index contributed by atoms with van der Waals surface area (Å²) in [5, 5.41) is 11.3. The number of benzene rings is 1. The number of ether oxygens (including phenoxy) is 1. The van der Waals surface area contributed by atoms with Crippen LogP contribution in [0.2, 0.25) is 0 Å². The molecule has 1 rings (SSSR count). The molecule has 2 N–H and O–H groups in total. The number of nitrogens with one attached hydrogen (secondary N) is 1. The second-order valence-electron chi connectivity index (χ2n) is 3.96. The Hall–Kier alpha value is -1.31. The number of carbonyl (C=O) groups is 2. The van der Waals surface area contributed by atoms with E-state index in [1.807, 2.05) is 52.9 Å². The van der Waals surface area contributed by atoms with Crippen molar-refractivity contribution in [2.75, 3.05) is 4.43 Å². The first-order chi connectivity index (χ1) is 8.48. The van der Waals surface area contributed by atoms with Crippen molar-refractivity contribution in [2.24, 2.45) is 0 Å². The van der Waals surface area contributed by atoms with E-state index < -0.39 is 17.6 Å². The predicted molar refractivity (Wildman–Crippen MR) is 74.7 cm³/mol. The first-order valence-electron chi connectivity index (χ1n) is 5.26. The zero-order chi connectivity index (χ0) is 13.6. The fraction of sp³-hybridized carbons (Fsp3) is 0.333. The first-order valence-corrected chi connectivity index (χ1v) is 6.79. The summed E-state index contributed by atoms with van der Waals surface area (Å²) in [5.74, 6) is -1.09. The van der Waals surface area contributed by atoms with Crippen LogP contribution in [0.15, 0.2) is 30.3 Å². The number of aliphatic carboxylic acids is 1. The summed E-state index contributed by atoms with van der Waals surface area (Å²) >= 11 is 1.90. The van der Waals surface area contributed by atoms with Crippen LogP contribution in [0.3, 0.4) is 0 Å². The van der Waals surface area contributed by atoms with Crippen molar-refractivity contribution in [2.45, 2.75) is 19.1 Å². The predicted octanol–water partition coefficient (Wildman–Crippen LogP) is 2.19. The van der Waals surface area contributed by atoms with Gasteiger partial charge < -0.3 is 15.2 Å². The van der Waals surface area contributed by atoms with Crippen molar-refractivity contribution >= 4 is 34.7 Å². The smallest absolute Gasteiger partial charge is 0.408 e. The van der Waals surface area contributed by atoms with Crippen molar-refractivity contribution in [1.82, 2.24) is 5.32 Å². The molecule has 0 aliphatic heterocycles. The number of alkyl carbamates (subject to hydrolysis) is 1. The zero-order valence-corrected chi connectivity index (χ0v) is 12.0. The van der Waals surface area contributed by atoms with Gasteiger partial charge in [0.1, 0.15) is 12.1 Å². The molecule has 5 nitrogen and oxygen atoms in total. The third kappa shape index (κ3) is 4.17. The van der Waals surface area contributed by atoms with Gasteiger partial charge in [0, 0.05) is 4.43 Å². The van der Waals surface area contributed by atoms with Crippen LogP contribution in [0.25, 0.3) is 0 Å². The van der Waals surface area contributed by atoms with Crippen molar-refractivity contribution in [1.29, 1.82) is 0 Å². The van der Waals surface area contributed by atoms with Gasteiger partial charge in [-0.2, -0.15) is 0 Å². The van der Waals surface area contributed by atoms with Crippen LogP contribution in [0.1, 0.15) is 12.5 Å². The summed E-state index contributed by atoms with van der Waals surface area (Å²) in [5.41, 5.74) is -0.465. The van der Waals surface area contributed by atoms with E-state index in [-0.39, 0.29) is 11.0 Å². The number of carbonyl (C=O) groups excluding carboxylic acids is 1. The van der Waals surface area contributed by atoms with Crippen molar-refractivity contribution < 1.29 is 19.4 Å². The third-order valence-corrected chi connectivity index (χ3v) is 3.86. The maximum Gasteiger partial charge on any atom is 0.408 e. The number of hydrogen-bond acceptors (Lipinski definition) is 3. The molecule has 1 atom stereocenters. The highest BCUT2D eigenvalue weighted by Crippen LogP contribution is 2.09. The minimum absolute atomic E-state index is 0.115. The third-order valence-electron chi connectivity index (χ3n) is 2.33. The number of alkyl halides is 1. The van der Waals surface area contributed by atoms with Gasteiger partial charge in [-0.15, -0.1) is 0 Å². The van der Waals surface area contributed by atoms with E-state index in [9.17, 15) is 9.59 Å². The Labute approximate surface area is 119 Å². The number of rotatable bonds is 5. The van der Waals surface area contributed by atoms with Crippen LogP contribution < -0.4 is 5.32 Å². The summed E-state index contributed by atoms with van der Waals surface area (Å²) in [7, 11) is 0. The molecular formula is C12H14INO4. The lowest BCUT2D eigenvalue weighted by Gasteiger charge is -2.23. The Morgan fingerprint density at radius 1 is 1.39 bits per heavy atom. The maximum absolute atomic E-state index is 11.5. The molecular weight excluding hydrogens is 349 g/mol. The number of carboxylic acids is 1. The molecule has 0 fully saturated rings. The monoisotopic (exact) mass is 363 g/mol. The average molecular weight is 363 g/mol. The highest BCUT2D eigenvalue weighted by Gasteiger charge is 2.34. The highest BCUT2D eigenvalue weighted by atomic mass is 127. The normalized spacial score (nSPS) is 13.4. The van der Waals surface area contributed by atoms with Gasteiger partial charge in [0.15, 0.2) is 0 Å². The molecule has 98 valence electrons. The van der Waals surface area contributed by atoms with Crippen molar-refractivity contribution in [3.05, 3.63) is 35.9 Å². The van der Waals surface area contributed by atoms with Gasteiger partial charge >= 0.3 is 12.1 Å². The zero-order valence-electron chi connectivity index (χ0n) is 9.85. The SMILES string of the molecule is C[C@](CI)(NC(=O)OCc1ccccc1)C(=O)O. The maximum atomic E-state index is 11.5. The van der Waals surface area contributed by atoms with E-state index in [2.05, 4.69) is 5.32 Å². The highest BCUT2D eigenvalue weighted by molar-refractivity contribution is 14.1. The Morgan fingerprint density at radius 2 is 2.00 bits per heavy atom. The molecule has 0 aliphatic rings. The summed E-state index contributed by atoms with van der Waals surface area (Å²) in [6.45, 7) is 1.55. The van der Waals surface area contributed by atoms with Gasteiger partial charge in [0.2, 0.25) is 0 Å². The lowest BCUT2D eigenvalue weighted by molar-refractivity contribution is -0.142. The van der Waals surface area contributed by atoms with Gasteiger partial charge in [0.25, 0.3) is 0 Å². The fourth-order valence-electron chi connectivity index (χ4n) is 1.13. The second kappa shape index (κ2) is 6.58. The van der Waals surface area contributed by atoms with Gasteiger partial charge in [-0.1, -0.05) is 52.9 Å². The lowest BCUT2D eigenvalue weighted by atomic mass is 10.1. The minimum Gasteiger partial charge on any atom is -0.479 e. The molecule has 0 aliphatic carbocycles. The molecule has 6 heteroatoms. The minimum atomic E-state index is -1.31. The van der Waals surface area contributed by atoms with E-state index >= 15 is 0 Å². The van der Waals surface area contributed by atoms with Crippen LogP contribution in [-0.4, -0.2) is 27.1 Å². The summed E-state index contributed by atoms with van der Waals surface area (Å²) in [6, 6.07) is 9.18. The standard InChI is InChI=1S/C12H14INO4/c1-12(8-13,10(15)16)14-11(17)18-7-9-5-3-2-4-6-9/h2-6H,7-8H2,1H3,(H,14,17)(H,15,16)/t12-/m1/s1. The van der Waals surface area contributed by atoms with Gasteiger partial charge in [0.05, 0.1) is 0 Å². The molecule has 0 saturated heterocycles. The van der Waals surface area contributed by atoms with Crippen LogP contribution in [0.5, 0.6) is 0 Å². The molecule has 1 amide bonds. The second-order valence-corrected chi connectivity index (χ2v) is 4.72. The molecule has 1 aromatic rings. The Morgan fingerprint density at radius 3 is 2.50 bits per heavy atom. The first kappa shape index (κ1) is 14.7. The van der Waals surface area contributed by atoms with Crippen LogP contribution in [-0.2, 0) is 16.1 Å². The average Bonchev–Trinajstić information content (AvgIpc) is 2.37. The number of halogens is 1. The molecule has 0 radical (unpaired) electrons. The van der Waals surface area contributed by atoms with Crippen molar-refractivity contribution in [3.8, 4) is 0 Å². The lowest BCUT2D eigenvalue weighted by Crippen LogP contribution is -2.53. The summed E-state index contributed by atoms with van der Waals surface area (Å²) < 4.78 is 5.21. The fourth-order valence-corrected chi connectivity index (χ4v) is 1.65. The number of amides is 1. The van der Waals surface area contributed by atoms with E-state index in [1.54, 1.807) is 0 Å². The Kier molecular flexibility index (Phi) is 5.39. The molecule has 0 spiro atoms. The van der Waals surface area contributed by atoms with Gasteiger partial charge in [-0.25, -0.2) is 9.59 Å². The molecule has 0 aromatic heterocycles. The molecule has 0 saturated carbocycles. The quantitative estimate of drug-likeness (QED) is 0.621. The van der Waals surface area contributed by atoms with E-state index in [0.717, 1.165) is 5.56 Å².